The number of carbonyl (C=O) groups is 1. The highest BCUT2D eigenvalue weighted by molar-refractivity contribution is 5.99. The first-order valence-electron chi connectivity index (χ1n) is 6.56. The minimum atomic E-state index is -0.586. The van der Waals surface area contributed by atoms with Gasteiger partial charge in [0.1, 0.15) is 22.8 Å². The Morgan fingerprint density at radius 2 is 1.62 bits per heavy atom. The Bertz CT molecular complexity index is 627. The first kappa shape index (κ1) is 14.7. The first-order chi connectivity index (χ1) is 9.97. The van der Waals surface area contributed by atoms with Gasteiger partial charge in [-0.15, -0.1) is 0 Å². The summed E-state index contributed by atoms with van der Waals surface area (Å²) in [7, 11) is 0. The van der Waals surface area contributed by atoms with Crippen molar-refractivity contribution >= 4 is 5.91 Å². The predicted octanol–water partition coefficient (Wildman–Crippen LogP) is 2.08. The first-order valence-corrected chi connectivity index (χ1v) is 6.56. The number of amides is 1. The van der Waals surface area contributed by atoms with Crippen LogP contribution in [-0.4, -0.2) is 27.8 Å². The van der Waals surface area contributed by atoms with Crippen LogP contribution in [-0.2, 0) is 6.42 Å². The second kappa shape index (κ2) is 6.17. The molecule has 0 aliphatic rings. The molecule has 0 saturated carbocycles. The molecule has 0 aliphatic heterocycles. The third-order valence-corrected chi connectivity index (χ3v) is 3.13. The zero-order chi connectivity index (χ0) is 15.4. The third-order valence-electron chi connectivity index (χ3n) is 3.13. The standard InChI is InChI=1S/C16H17NO4/c1-10-2-4-11(5-3-10)6-7-17-16(21)15-13(19)8-12(18)9-14(15)20/h2-5,8-9,18-20H,6-7H2,1H3,(H,17,21). The molecule has 0 aliphatic carbocycles. The molecule has 2 rings (SSSR count). The number of aryl methyl sites for hydroxylation is 1. The van der Waals surface area contributed by atoms with Crippen molar-refractivity contribution in [1.82, 2.24) is 5.32 Å². The third kappa shape index (κ3) is 3.66. The predicted molar refractivity (Wildman–Crippen MR) is 78.7 cm³/mol. The zero-order valence-electron chi connectivity index (χ0n) is 11.6. The summed E-state index contributed by atoms with van der Waals surface area (Å²) in [6.07, 6.45) is 0.644. The number of rotatable bonds is 4. The van der Waals surface area contributed by atoms with Gasteiger partial charge in [-0.05, 0) is 18.9 Å². The quantitative estimate of drug-likeness (QED) is 0.693. The molecule has 21 heavy (non-hydrogen) atoms. The van der Waals surface area contributed by atoms with E-state index in [9.17, 15) is 20.1 Å². The maximum atomic E-state index is 11.9. The van der Waals surface area contributed by atoms with Gasteiger partial charge in [-0.1, -0.05) is 29.8 Å². The number of hydrogen-bond donors (Lipinski definition) is 4. The minimum Gasteiger partial charge on any atom is -0.508 e. The maximum absolute atomic E-state index is 11.9. The summed E-state index contributed by atoms with van der Waals surface area (Å²) in [5, 5.41) is 31.0. The van der Waals surface area contributed by atoms with Crippen molar-refractivity contribution in [3.8, 4) is 17.2 Å². The van der Waals surface area contributed by atoms with Crippen LogP contribution in [0.1, 0.15) is 21.5 Å². The molecule has 5 heteroatoms. The van der Waals surface area contributed by atoms with E-state index in [1.54, 1.807) is 0 Å². The highest BCUT2D eigenvalue weighted by atomic mass is 16.3. The highest BCUT2D eigenvalue weighted by Crippen LogP contribution is 2.31. The van der Waals surface area contributed by atoms with E-state index in [1.165, 1.54) is 5.56 Å². The number of hydrogen-bond acceptors (Lipinski definition) is 4. The summed E-state index contributed by atoms with van der Waals surface area (Å²) in [5.41, 5.74) is 2.01. The smallest absolute Gasteiger partial charge is 0.258 e. The zero-order valence-corrected chi connectivity index (χ0v) is 11.6. The SMILES string of the molecule is Cc1ccc(CCNC(=O)c2c(O)cc(O)cc2O)cc1. The summed E-state index contributed by atoms with van der Waals surface area (Å²) in [5.74, 6) is -1.81. The van der Waals surface area contributed by atoms with E-state index in [0.717, 1.165) is 17.7 Å². The number of nitrogens with one attached hydrogen (secondary N) is 1. The molecule has 2 aromatic rings. The van der Waals surface area contributed by atoms with Crippen molar-refractivity contribution in [3.05, 3.63) is 53.1 Å². The molecule has 0 bridgehead atoms. The summed E-state index contributed by atoms with van der Waals surface area (Å²) in [6.45, 7) is 2.38. The maximum Gasteiger partial charge on any atom is 0.258 e. The summed E-state index contributed by atoms with van der Waals surface area (Å²) < 4.78 is 0. The number of phenols is 3. The van der Waals surface area contributed by atoms with E-state index in [2.05, 4.69) is 5.32 Å². The molecule has 1 amide bonds. The van der Waals surface area contributed by atoms with Crippen LogP contribution in [0.5, 0.6) is 17.2 Å². The Hall–Kier alpha value is -2.69. The lowest BCUT2D eigenvalue weighted by molar-refractivity contribution is 0.0948. The van der Waals surface area contributed by atoms with Crippen LogP contribution in [0.4, 0.5) is 0 Å². The molecule has 110 valence electrons. The van der Waals surface area contributed by atoms with Crippen LogP contribution in [0.25, 0.3) is 0 Å². The van der Waals surface area contributed by atoms with Gasteiger partial charge in [0, 0.05) is 18.7 Å². The van der Waals surface area contributed by atoms with Crippen molar-refractivity contribution in [2.45, 2.75) is 13.3 Å². The van der Waals surface area contributed by atoms with Crippen molar-refractivity contribution in [2.24, 2.45) is 0 Å². The van der Waals surface area contributed by atoms with E-state index in [0.29, 0.717) is 13.0 Å². The fraction of sp³-hybridized carbons (Fsp3) is 0.188. The molecule has 2 aromatic carbocycles. The molecule has 4 N–H and O–H groups in total. The van der Waals surface area contributed by atoms with E-state index in [1.807, 2.05) is 31.2 Å². The average Bonchev–Trinajstić information content (AvgIpc) is 2.40. The molecule has 0 heterocycles. The Kier molecular flexibility index (Phi) is 4.33. The number of benzene rings is 2. The van der Waals surface area contributed by atoms with Crippen LogP contribution in [0, 0.1) is 6.92 Å². The fourth-order valence-electron chi connectivity index (χ4n) is 1.99. The van der Waals surface area contributed by atoms with Gasteiger partial charge < -0.3 is 20.6 Å². The largest absolute Gasteiger partial charge is 0.508 e. The Labute approximate surface area is 122 Å². The molecule has 0 saturated heterocycles. The van der Waals surface area contributed by atoms with Gasteiger partial charge in [-0.2, -0.15) is 0 Å². The fourth-order valence-corrected chi connectivity index (χ4v) is 1.99. The van der Waals surface area contributed by atoms with Crippen molar-refractivity contribution < 1.29 is 20.1 Å². The second-order valence-corrected chi connectivity index (χ2v) is 4.85. The Balaban J connectivity index is 1.98. The molecule has 0 spiro atoms. The molecular formula is C16H17NO4. The van der Waals surface area contributed by atoms with Crippen molar-refractivity contribution in [3.63, 3.8) is 0 Å². The summed E-state index contributed by atoms with van der Waals surface area (Å²) >= 11 is 0. The Morgan fingerprint density at radius 1 is 1.05 bits per heavy atom. The van der Waals surface area contributed by atoms with E-state index >= 15 is 0 Å². The van der Waals surface area contributed by atoms with Gasteiger partial charge in [-0.25, -0.2) is 0 Å². The summed E-state index contributed by atoms with van der Waals surface area (Å²) in [6, 6.07) is 9.97. The molecule has 5 nitrogen and oxygen atoms in total. The molecule has 0 aromatic heterocycles. The molecule has 0 unspecified atom stereocenters. The lowest BCUT2D eigenvalue weighted by Crippen LogP contribution is -2.25. The molecule has 0 radical (unpaired) electrons. The van der Waals surface area contributed by atoms with Gasteiger partial charge in [0.15, 0.2) is 0 Å². The van der Waals surface area contributed by atoms with Gasteiger partial charge in [0.25, 0.3) is 5.91 Å². The van der Waals surface area contributed by atoms with E-state index in [4.69, 9.17) is 0 Å². The van der Waals surface area contributed by atoms with E-state index < -0.39 is 17.4 Å². The van der Waals surface area contributed by atoms with Gasteiger partial charge in [0.05, 0.1) is 0 Å². The second-order valence-electron chi connectivity index (χ2n) is 4.85. The average molecular weight is 287 g/mol. The Morgan fingerprint density at radius 3 is 2.19 bits per heavy atom. The van der Waals surface area contributed by atoms with Crippen LogP contribution in [0.15, 0.2) is 36.4 Å². The lowest BCUT2D eigenvalue weighted by Gasteiger charge is -2.09. The van der Waals surface area contributed by atoms with Crippen molar-refractivity contribution in [2.75, 3.05) is 6.54 Å². The topological polar surface area (TPSA) is 89.8 Å². The van der Waals surface area contributed by atoms with Crippen molar-refractivity contribution in [1.29, 1.82) is 0 Å². The van der Waals surface area contributed by atoms with Crippen LogP contribution < -0.4 is 5.32 Å². The van der Waals surface area contributed by atoms with Crippen LogP contribution in [0.2, 0.25) is 0 Å². The minimum absolute atomic E-state index is 0.239. The summed E-state index contributed by atoms with van der Waals surface area (Å²) in [4.78, 5) is 11.9. The number of aromatic hydroxyl groups is 3. The van der Waals surface area contributed by atoms with Crippen LogP contribution >= 0.6 is 0 Å². The van der Waals surface area contributed by atoms with Crippen LogP contribution in [0.3, 0.4) is 0 Å². The van der Waals surface area contributed by atoms with Gasteiger partial charge in [0.2, 0.25) is 0 Å². The molecular weight excluding hydrogens is 270 g/mol. The molecule has 0 fully saturated rings. The van der Waals surface area contributed by atoms with Gasteiger partial charge >= 0.3 is 0 Å². The normalized spacial score (nSPS) is 10.3. The number of carbonyl (C=O) groups excluding carboxylic acids is 1. The molecule has 0 atom stereocenters. The number of phenolic OH excluding ortho intramolecular Hbond substituents is 3. The van der Waals surface area contributed by atoms with E-state index in [-0.39, 0.29) is 11.3 Å². The highest BCUT2D eigenvalue weighted by Gasteiger charge is 2.17. The lowest BCUT2D eigenvalue weighted by atomic mass is 10.1. The monoisotopic (exact) mass is 287 g/mol. The van der Waals surface area contributed by atoms with Gasteiger partial charge in [-0.3, -0.25) is 4.79 Å².